The van der Waals surface area contributed by atoms with Gasteiger partial charge >= 0.3 is 0 Å². The Balaban J connectivity index is 1.60. The van der Waals surface area contributed by atoms with Crippen LogP contribution < -0.4 is 5.32 Å². The number of aromatic nitrogens is 2. The normalized spacial score (nSPS) is 19.2. The molecule has 0 bridgehead atoms. The molecular formula is C18H25N3O2S. The van der Waals surface area contributed by atoms with E-state index in [2.05, 4.69) is 41.5 Å². The molecule has 1 atom stereocenters. The fourth-order valence-corrected chi connectivity index (χ4v) is 4.85. The van der Waals surface area contributed by atoms with Crippen molar-refractivity contribution >= 4 is 9.84 Å². The zero-order valence-corrected chi connectivity index (χ0v) is 15.1. The summed E-state index contributed by atoms with van der Waals surface area (Å²) >= 11 is 0. The molecule has 0 aliphatic carbocycles. The van der Waals surface area contributed by atoms with Crippen molar-refractivity contribution in [2.45, 2.75) is 32.4 Å². The van der Waals surface area contributed by atoms with Crippen LogP contribution in [0.4, 0.5) is 0 Å². The van der Waals surface area contributed by atoms with Gasteiger partial charge in [-0.25, -0.2) is 13.4 Å². The number of nitrogens with one attached hydrogen (secondary N) is 1. The summed E-state index contributed by atoms with van der Waals surface area (Å²) in [7, 11) is -0.796. The molecule has 2 aromatic rings. The van der Waals surface area contributed by atoms with E-state index in [9.17, 15) is 8.42 Å². The van der Waals surface area contributed by atoms with Gasteiger partial charge in [-0.15, -0.1) is 0 Å². The van der Waals surface area contributed by atoms with E-state index < -0.39 is 9.84 Å². The van der Waals surface area contributed by atoms with Crippen LogP contribution in [0.2, 0.25) is 0 Å². The molecular weight excluding hydrogens is 322 g/mol. The van der Waals surface area contributed by atoms with Gasteiger partial charge in [0.2, 0.25) is 0 Å². The second-order valence-corrected chi connectivity index (χ2v) is 9.02. The van der Waals surface area contributed by atoms with E-state index in [-0.39, 0.29) is 0 Å². The van der Waals surface area contributed by atoms with Gasteiger partial charge in [0, 0.05) is 37.6 Å². The van der Waals surface area contributed by atoms with Crippen molar-refractivity contribution in [3.8, 4) is 11.4 Å². The van der Waals surface area contributed by atoms with Gasteiger partial charge in [-0.1, -0.05) is 18.2 Å². The Labute approximate surface area is 144 Å². The smallest absolute Gasteiger partial charge is 0.150 e. The van der Waals surface area contributed by atoms with Crippen LogP contribution in [0, 0.1) is 5.92 Å². The number of imidazole rings is 1. The van der Waals surface area contributed by atoms with E-state index in [0.717, 1.165) is 30.8 Å². The van der Waals surface area contributed by atoms with E-state index in [1.165, 1.54) is 5.56 Å². The van der Waals surface area contributed by atoms with Gasteiger partial charge in [0.05, 0.1) is 11.5 Å². The summed E-state index contributed by atoms with van der Waals surface area (Å²) in [6.45, 7) is 2.94. The van der Waals surface area contributed by atoms with Crippen molar-refractivity contribution < 1.29 is 8.42 Å². The third-order valence-corrected chi connectivity index (χ3v) is 6.66. The maximum atomic E-state index is 11.5. The number of nitrogens with zero attached hydrogens (tertiary/aromatic N) is 2. The lowest BCUT2D eigenvalue weighted by Gasteiger charge is -2.28. The van der Waals surface area contributed by atoms with E-state index in [0.29, 0.717) is 23.5 Å². The zero-order valence-electron chi connectivity index (χ0n) is 14.3. The summed E-state index contributed by atoms with van der Waals surface area (Å²) in [4.78, 5) is 4.40. The fourth-order valence-electron chi connectivity index (χ4n) is 3.32. The minimum Gasteiger partial charge on any atom is -0.334 e. The molecule has 1 unspecified atom stereocenters. The third kappa shape index (κ3) is 4.05. The highest BCUT2D eigenvalue weighted by Crippen LogP contribution is 2.23. The van der Waals surface area contributed by atoms with Gasteiger partial charge in [0.15, 0.2) is 0 Å². The molecule has 1 aromatic heterocycles. The first kappa shape index (κ1) is 17.2. The van der Waals surface area contributed by atoms with Crippen LogP contribution in [0.15, 0.2) is 36.7 Å². The monoisotopic (exact) mass is 347 g/mol. The first-order chi connectivity index (χ1) is 11.4. The van der Waals surface area contributed by atoms with Crippen LogP contribution in [-0.2, 0) is 23.4 Å². The molecule has 130 valence electrons. The molecule has 2 heterocycles. The standard InChI is InChI=1S/C18H25N3O2S/c1-14(16-6-10-24(22,23)11-7-16)20-13-15-4-3-5-17(12-15)18-19-8-9-21(18)2/h3-5,8-9,12,14,16,20H,6-7,10-11,13H2,1-2H3. The Kier molecular flexibility index (Phi) is 5.06. The number of hydrogen-bond donors (Lipinski definition) is 1. The summed E-state index contributed by atoms with van der Waals surface area (Å²) in [5.41, 5.74) is 2.32. The van der Waals surface area contributed by atoms with Crippen LogP contribution in [0.25, 0.3) is 11.4 Å². The van der Waals surface area contributed by atoms with Crippen molar-refractivity contribution in [2.75, 3.05) is 11.5 Å². The second kappa shape index (κ2) is 7.07. The molecule has 1 N–H and O–H groups in total. The number of hydrogen-bond acceptors (Lipinski definition) is 4. The largest absolute Gasteiger partial charge is 0.334 e. The van der Waals surface area contributed by atoms with Crippen LogP contribution in [-0.4, -0.2) is 35.5 Å². The third-order valence-electron chi connectivity index (χ3n) is 4.94. The molecule has 5 nitrogen and oxygen atoms in total. The lowest BCUT2D eigenvalue weighted by atomic mass is 9.95. The van der Waals surface area contributed by atoms with Gasteiger partial charge in [0.25, 0.3) is 0 Å². The van der Waals surface area contributed by atoms with Crippen LogP contribution in [0.1, 0.15) is 25.3 Å². The Morgan fingerprint density at radius 3 is 2.75 bits per heavy atom. The van der Waals surface area contributed by atoms with E-state index >= 15 is 0 Å². The number of benzene rings is 1. The summed E-state index contributed by atoms with van der Waals surface area (Å²) < 4.78 is 25.1. The lowest BCUT2D eigenvalue weighted by Crippen LogP contribution is -2.38. The Morgan fingerprint density at radius 1 is 1.33 bits per heavy atom. The number of sulfone groups is 1. The van der Waals surface area contributed by atoms with Crippen molar-refractivity contribution in [1.82, 2.24) is 14.9 Å². The van der Waals surface area contributed by atoms with E-state index in [1.54, 1.807) is 6.20 Å². The van der Waals surface area contributed by atoms with Gasteiger partial charge in [-0.05, 0) is 37.3 Å². The quantitative estimate of drug-likeness (QED) is 0.902. The van der Waals surface area contributed by atoms with Crippen molar-refractivity contribution in [2.24, 2.45) is 13.0 Å². The maximum absolute atomic E-state index is 11.5. The Morgan fingerprint density at radius 2 is 2.08 bits per heavy atom. The molecule has 24 heavy (non-hydrogen) atoms. The first-order valence-electron chi connectivity index (χ1n) is 8.45. The van der Waals surface area contributed by atoms with Crippen LogP contribution >= 0.6 is 0 Å². The van der Waals surface area contributed by atoms with E-state index in [1.807, 2.05) is 17.8 Å². The molecule has 0 amide bonds. The predicted molar refractivity (Wildman–Crippen MR) is 96.3 cm³/mol. The van der Waals surface area contributed by atoms with Crippen LogP contribution in [0.3, 0.4) is 0 Å². The van der Waals surface area contributed by atoms with E-state index in [4.69, 9.17) is 0 Å². The van der Waals surface area contributed by atoms with Crippen molar-refractivity contribution in [3.63, 3.8) is 0 Å². The number of rotatable bonds is 5. The minimum absolute atomic E-state index is 0.317. The minimum atomic E-state index is -2.79. The highest BCUT2D eigenvalue weighted by Gasteiger charge is 2.27. The fraction of sp³-hybridized carbons (Fsp3) is 0.500. The van der Waals surface area contributed by atoms with Gasteiger partial charge < -0.3 is 9.88 Å². The summed E-state index contributed by atoms with van der Waals surface area (Å²) in [6, 6.07) is 8.71. The highest BCUT2D eigenvalue weighted by atomic mass is 32.2. The molecule has 1 aliphatic rings. The maximum Gasteiger partial charge on any atom is 0.150 e. The molecule has 0 radical (unpaired) electrons. The molecule has 1 aliphatic heterocycles. The predicted octanol–water partition coefficient (Wildman–Crippen LogP) is 2.39. The first-order valence-corrected chi connectivity index (χ1v) is 10.3. The molecule has 3 rings (SSSR count). The Hall–Kier alpha value is -1.66. The topological polar surface area (TPSA) is 64.0 Å². The summed E-state index contributed by atoms with van der Waals surface area (Å²) in [5, 5.41) is 3.56. The molecule has 6 heteroatoms. The van der Waals surface area contributed by atoms with Gasteiger partial charge in [-0.3, -0.25) is 0 Å². The lowest BCUT2D eigenvalue weighted by molar-refractivity contribution is 0.345. The summed E-state index contributed by atoms with van der Waals surface area (Å²) in [6.07, 6.45) is 5.28. The molecule has 1 fully saturated rings. The second-order valence-electron chi connectivity index (χ2n) is 6.72. The molecule has 0 spiro atoms. The van der Waals surface area contributed by atoms with Gasteiger partial charge in [0.1, 0.15) is 15.7 Å². The summed E-state index contributed by atoms with van der Waals surface area (Å²) in [5.74, 6) is 2.06. The van der Waals surface area contributed by atoms with Gasteiger partial charge in [-0.2, -0.15) is 0 Å². The number of aryl methyl sites for hydroxylation is 1. The SMILES string of the molecule is CC(NCc1cccc(-c2nccn2C)c1)C1CCS(=O)(=O)CC1. The molecule has 1 saturated heterocycles. The average Bonchev–Trinajstić information content (AvgIpc) is 2.99. The van der Waals surface area contributed by atoms with Crippen molar-refractivity contribution in [1.29, 1.82) is 0 Å². The molecule has 1 aromatic carbocycles. The zero-order chi connectivity index (χ0) is 17.2. The van der Waals surface area contributed by atoms with Crippen LogP contribution in [0.5, 0.6) is 0 Å². The highest BCUT2D eigenvalue weighted by molar-refractivity contribution is 7.91. The van der Waals surface area contributed by atoms with Crippen molar-refractivity contribution in [3.05, 3.63) is 42.2 Å². The average molecular weight is 347 g/mol. The molecule has 0 saturated carbocycles. The Bertz CT molecular complexity index is 784.